The zero-order valence-electron chi connectivity index (χ0n) is 17.4. The Morgan fingerprint density at radius 2 is 1.79 bits per heavy atom. The summed E-state index contributed by atoms with van der Waals surface area (Å²) < 4.78 is 0. The standard InChI is InChI=1S/C23H28Cl2N2O2/c1-5-10-26-23(29)17(4)27(14-18-8-9-20(24)21(25)12-18)22(28)13-19-11-15(2)6-7-16(19)3/h6-9,11-12,17H,5,10,13-14H2,1-4H3,(H,26,29)/t17-/m0/s1. The topological polar surface area (TPSA) is 49.4 Å². The van der Waals surface area contributed by atoms with Crippen molar-refractivity contribution >= 4 is 35.0 Å². The molecule has 4 nitrogen and oxygen atoms in total. The molecule has 0 bridgehead atoms. The maximum Gasteiger partial charge on any atom is 0.242 e. The first kappa shape index (κ1) is 23.2. The molecule has 0 saturated heterocycles. The lowest BCUT2D eigenvalue weighted by atomic mass is 10.0. The first-order valence-corrected chi connectivity index (χ1v) is 10.6. The van der Waals surface area contributed by atoms with Gasteiger partial charge >= 0.3 is 0 Å². The molecule has 0 radical (unpaired) electrons. The van der Waals surface area contributed by atoms with Crippen molar-refractivity contribution in [2.24, 2.45) is 0 Å². The largest absolute Gasteiger partial charge is 0.354 e. The number of carbonyl (C=O) groups excluding carboxylic acids is 2. The van der Waals surface area contributed by atoms with Crippen molar-refractivity contribution in [3.05, 3.63) is 68.7 Å². The third-order valence-corrected chi connectivity index (χ3v) is 5.64. The predicted octanol–water partition coefficient (Wildman–Crippen LogP) is 5.10. The summed E-state index contributed by atoms with van der Waals surface area (Å²) in [6, 6.07) is 10.7. The molecule has 156 valence electrons. The first-order chi connectivity index (χ1) is 13.7. The molecule has 29 heavy (non-hydrogen) atoms. The van der Waals surface area contributed by atoms with E-state index in [-0.39, 0.29) is 24.8 Å². The quantitative estimate of drug-likeness (QED) is 0.628. The number of nitrogens with one attached hydrogen (secondary N) is 1. The van der Waals surface area contributed by atoms with Gasteiger partial charge in [-0.15, -0.1) is 0 Å². The van der Waals surface area contributed by atoms with Crippen LogP contribution in [0, 0.1) is 13.8 Å². The van der Waals surface area contributed by atoms with Crippen LogP contribution >= 0.6 is 23.2 Å². The summed E-state index contributed by atoms with van der Waals surface area (Å²) >= 11 is 12.2. The average molecular weight is 435 g/mol. The minimum atomic E-state index is -0.603. The van der Waals surface area contributed by atoms with E-state index in [1.807, 2.05) is 45.0 Å². The van der Waals surface area contributed by atoms with Gasteiger partial charge in [0, 0.05) is 13.1 Å². The highest BCUT2D eigenvalue weighted by Gasteiger charge is 2.26. The summed E-state index contributed by atoms with van der Waals surface area (Å²) in [5, 5.41) is 3.76. The monoisotopic (exact) mass is 434 g/mol. The van der Waals surface area contributed by atoms with Gasteiger partial charge in [0.15, 0.2) is 0 Å². The number of rotatable bonds is 8. The SMILES string of the molecule is CCCNC(=O)[C@H](C)N(Cc1ccc(Cl)c(Cl)c1)C(=O)Cc1cc(C)ccc1C. The Morgan fingerprint density at radius 1 is 1.07 bits per heavy atom. The van der Waals surface area contributed by atoms with Crippen LogP contribution in [0.25, 0.3) is 0 Å². The van der Waals surface area contributed by atoms with Crippen LogP contribution in [0.1, 0.15) is 42.5 Å². The maximum atomic E-state index is 13.2. The van der Waals surface area contributed by atoms with Gasteiger partial charge in [-0.1, -0.05) is 60.0 Å². The fraction of sp³-hybridized carbons (Fsp3) is 0.391. The van der Waals surface area contributed by atoms with E-state index in [2.05, 4.69) is 5.32 Å². The summed E-state index contributed by atoms with van der Waals surface area (Å²) in [7, 11) is 0. The normalized spacial score (nSPS) is 11.8. The smallest absolute Gasteiger partial charge is 0.242 e. The van der Waals surface area contributed by atoms with Gasteiger partial charge in [-0.25, -0.2) is 0 Å². The number of hydrogen-bond acceptors (Lipinski definition) is 2. The van der Waals surface area contributed by atoms with Crippen LogP contribution in [-0.2, 0) is 22.6 Å². The van der Waals surface area contributed by atoms with Crippen LogP contribution in [0.3, 0.4) is 0 Å². The van der Waals surface area contributed by atoms with Gasteiger partial charge in [0.25, 0.3) is 0 Å². The van der Waals surface area contributed by atoms with Crippen molar-refractivity contribution in [2.45, 2.75) is 53.1 Å². The third kappa shape index (κ3) is 6.48. The molecule has 0 unspecified atom stereocenters. The van der Waals surface area contributed by atoms with Crippen molar-refractivity contribution < 1.29 is 9.59 Å². The minimum absolute atomic E-state index is 0.107. The Kier molecular flexibility index (Phi) is 8.54. The number of nitrogens with zero attached hydrogens (tertiary/aromatic N) is 1. The van der Waals surface area contributed by atoms with Crippen molar-refractivity contribution in [3.63, 3.8) is 0 Å². The molecule has 0 aromatic heterocycles. The Labute approximate surface area is 183 Å². The Balaban J connectivity index is 2.29. The maximum absolute atomic E-state index is 13.2. The number of halogens is 2. The van der Waals surface area contributed by atoms with E-state index in [1.54, 1.807) is 24.0 Å². The van der Waals surface area contributed by atoms with E-state index >= 15 is 0 Å². The molecule has 0 heterocycles. The van der Waals surface area contributed by atoms with Crippen molar-refractivity contribution in [3.8, 4) is 0 Å². The highest BCUT2D eigenvalue weighted by atomic mass is 35.5. The highest BCUT2D eigenvalue weighted by Crippen LogP contribution is 2.24. The van der Waals surface area contributed by atoms with Crippen molar-refractivity contribution in [2.75, 3.05) is 6.54 Å². The molecule has 2 aromatic carbocycles. The van der Waals surface area contributed by atoms with E-state index in [0.717, 1.165) is 28.7 Å². The number of aryl methyl sites for hydroxylation is 2. The Hall–Kier alpha value is -2.04. The molecule has 0 saturated carbocycles. The van der Waals surface area contributed by atoms with E-state index in [9.17, 15) is 9.59 Å². The summed E-state index contributed by atoms with van der Waals surface area (Å²) in [6.07, 6.45) is 1.07. The molecule has 2 amide bonds. The van der Waals surface area contributed by atoms with Crippen LogP contribution in [0.4, 0.5) is 0 Å². The predicted molar refractivity (Wildman–Crippen MR) is 119 cm³/mol. The zero-order chi connectivity index (χ0) is 21.6. The van der Waals surface area contributed by atoms with Crippen molar-refractivity contribution in [1.82, 2.24) is 10.2 Å². The molecule has 2 rings (SSSR count). The van der Waals surface area contributed by atoms with Gasteiger partial charge in [0.1, 0.15) is 6.04 Å². The summed E-state index contributed by atoms with van der Waals surface area (Å²) in [5.41, 5.74) is 3.95. The molecular weight excluding hydrogens is 407 g/mol. The molecule has 0 aliphatic heterocycles. The molecule has 0 fully saturated rings. The van der Waals surface area contributed by atoms with Gasteiger partial charge in [0.05, 0.1) is 16.5 Å². The molecule has 2 aromatic rings. The molecule has 0 aliphatic carbocycles. The van der Waals surface area contributed by atoms with Gasteiger partial charge in [-0.2, -0.15) is 0 Å². The van der Waals surface area contributed by atoms with E-state index in [1.165, 1.54) is 0 Å². The summed E-state index contributed by atoms with van der Waals surface area (Å²) in [6.45, 7) is 8.59. The Bertz CT molecular complexity index is 883. The first-order valence-electron chi connectivity index (χ1n) is 9.80. The fourth-order valence-electron chi connectivity index (χ4n) is 3.07. The second-order valence-corrected chi connectivity index (χ2v) is 8.16. The zero-order valence-corrected chi connectivity index (χ0v) is 18.9. The van der Waals surface area contributed by atoms with Gasteiger partial charge in [0.2, 0.25) is 11.8 Å². The number of amides is 2. The second-order valence-electron chi connectivity index (χ2n) is 7.34. The second kappa shape index (κ2) is 10.7. The fourth-order valence-corrected chi connectivity index (χ4v) is 3.39. The van der Waals surface area contributed by atoms with Crippen molar-refractivity contribution in [1.29, 1.82) is 0 Å². The van der Waals surface area contributed by atoms with Crippen LogP contribution in [0.15, 0.2) is 36.4 Å². The molecular formula is C23H28Cl2N2O2. The molecule has 0 aliphatic rings. The van der Waals surface area contributed by atoms with Crippen LogP contribution < -0.4 is 5.32 Å². The number of hydrogen-bond donors (Lipinski definition) is 1. The average Bonchev–Trinajstić information content (AvgIpc) is 2.69. The van der Waals surface area contributed by atoms with E-state index in [4.69, 9.17) is 23.2 Å². The molecule has 6 heteroatoms. The van der Waals surface area contributed by atoms with Gasteiger partial charge in [-0.3, -0.25) is 9.59 Å². The lowest BCUT2D eigenvalue weighted by Crippen LogP contribution is -2.48. The molecule has 0 spiro atoms. The minimum Gasteiger partial charge on any atom is -0.354 e. The van der Waals surface area contributed by atoms with E-state index in [0.29, 0.717) is 16.6 Å². The van der Waals surface area contributed by atoms with Crippen LogP contribution in [0.5, 0.6) is 0 Å². The summed E-state index contributed by atoms with van der Waals surface area (Å²) in [5.74, 6) is -0.273. The van der Waals surface area contributed by atoms with Gasteiger partial charge in [-0.05, 0) is 56.0 Å². The van der Waals surface area contributed by atoms with Gasteiger partial charge < -0.3 is 10.2 Å². The number of carbonyl (C=O) groups is 2. The third-order valence-electron chi connectivity index (χ3n) is 4.90. The Morgan fingerprint density at radius 3 is 2.45 bits per heavy atom. The lowest BCUT2D eigenvalue weighted by Gasteiger charge is -2.29. The van der Waals surface area contributed by atoms with E-state index < -0.39 is 6.04 Å². The molecule has 1 atom stereocenters. The summed E-state index contributed by atoms with van der Waals surface area (Å²) in [4.78, 5) is 27.4. The lowest BCUT2D eigenvalue weighted by molar-refractivity contribution is -0.140. The molecule has 1 N–H and O–H groups in total. The number of benzene rings is 2. The van der Waals surface area contributed by atoms with Crippen LogP contribution in [-0.4, -0.2) is 29.3 Å². The van der Waals surface area contributed by atoms with Crippen LogP contribution in [0.2, 0.25) is 10.0 Å². The highest BCUT2D eigenvalue weighted by molar-refractivity contribution is 6.42.